The van der Waals surface area contributed by atoms with E-state index in [1.807, 2.05) is 6.92 Å². The lowest BCUT2D eigenvalue weighted by molar-refractivity contribution is -0.160. The Bertz CT molecular complexity index is 876. The molecule has 4 aliphatic rings. The molecule has 0 aliphatic carbocycles. The first-order valence-corrected chi connectivity index (χ1v) is 12.9. The first-order valence-electron chi connectivity index (χ1n) is 12.9. The normalized spacial score (nSPS) is 33.4. The Morgan fingerprint density at radius 3 is 2.64 bits per heavy atom. The van der Waals surface area contributed by atoms with Crippen LogP contribution >= 0.6 is 0 Å². The third kappa shape index (κ3) is 4.60. The average molecular weight is 506 g/mol. The van der Waals surface area contributed by atoms with E-state index in [0.29, 0.717) is 52.1 Å². The highest BCUT2D eigenvalue weighted by Gasteiger charge is 2.78. The summed E-state index contributed by atoms with van der Waals surface area (Å²) < 4.78 is 17.5. The number of hydrogen-bond acceptors (Lipinski definition) is 8. The molecule has 2 amide bonds. The van der Waals surface area contributed by atoms with Crippen molar-refractivity contribution in [2.75, 3.05) is 65.7 Å². The molecule has 10 nitrogen and oxygen atoms in total. The van der Waals surface area contributed by atoms with Crippen molar-refractivity contribution in [3.8, 4) is 0 Å². The Kier molecular flexibility index (Phi) is 8.18. The molecule has 4 aliphatic heterocycles. The number of β-amino-alcohol motifs (C(OH)–C–C–N with tert-alkyl or cyclic N) is 1. The monoisotopic (exact) mass is 505 g/mol. The molecule has 10 heteroatoms. The van der Waals surface area contributed by atoms with Gasteiger partial charge in [0.05, 0.1) is 37.9 Å². The summed E-state index contributed by atoms with van der Waals surface area (Å²) in [6, 6.07) is -0.917. The second kappa shape index (κ2) is 11.0. The van der Waals surface area contributed by atoms with Gasteiger partial charge in [-0.05, 0) is 26.2 Å². The zero-order valence-electron chi connectivity index (χ0n) is 21.2. The summed E-state index contributed by atoms with van der Waals surface area (Å²) >= 11 is 0. The van der Waals surface area contributed by atoms with Crippen LogP contribution in [0.1, 0.15) is 26.2 Å². The molecule has 200 valence electrons. The van der Waals surface area contributed by atoms with Crippen LogP contribution in [-0.4, -0.2) is 121 Å². The highest BCUT2D eigenvalue weighted by atomic mass is 16.6. The first kappa shape index (κ1) is 26.8. The van der Waals surface area contributed by atoms with E-state index in [-0.39, 0.29) is 31.6 Å². The van der Waals surface area contributed by atoms with Crippen LogP contribution in [0.15, 0.2) is 25.3 Å². The fraction of sp³-hybridized carbons (Fsp3) is 0.731. The van der Waals surface area contributed by atoms with Gasteiger partial charge in [0.2, 0.25) is 11.8 Å². The number of rotatable bonds is 12. The van der Waals surface area contributed by atoms with Gasteiger partial charge in [0, 0.05) is 39.3 Å². The van der Waals surface area contributed by atoms with Crippen LogP contribution in [0.2, 0.25) is 0 Å². The lowest BCUT2D eigenvalue weighted by Crippen LogP contribution is -2.57. The number of ether oxygens (including phenoxy) is 3. The topological polar surface area (TPSA) is 109 Å². The van der Waals surface area contributed by atoms with Crippen molar-refractivity contribution in [1.29, 1.82) is 0 Å². The lowest BCUT2D eigenvalue weighted by atomic mass is 9.66. The molecule has 1 N–H and O–H groups in total. The van der Waals surface area contributed by atoms with E-state index in [1.165, 1.54) is 4.90 Å². The van der Waals surface area contributed by atoms with Gasteiger partial charge in [-0.1, -0.05) is 12.2 Å². The molecule has 0 radical (unpaired) electrons. The quantitative estimate of drug-likeness (QED) is 0.228. The third-order valence-corrected chi connectivity index (χ3v) is 8.12. The number of aliphatic hydroxyl groups is 1. The minimum Gasteiger partial charge on any atom is -0.465 e. The molecule has 2 bridgehead atoms. The number of carbonyl (C=O) groups excluding carboxylic acids is 3. The molecule has 2 unspecified atom stereocenters. The van der Waals surface area contributed by atoms with Gasteiger partial charge in [0.1, 0.15) is 17.6 Å². The molecule has 1 spiro atoms. The predicted molar refractivity (Wildman–Crippen MR) is 131 cm³/mol. The second-order valence-corrected chi connectivity index (χ2v) is 10.3. The minimum absolute atomic E-state index is 0.00279. The lowest BCUT2D eigenvalue weighted by Gasteiger charge is -2.37. The molecule has 0 aromatic rings. The van der Waals surface area contributed by atoms with Gasteiger partial charge < -0.3 is 29.1 Å². The molecule has 4 saturated heterocycles. The fourth-order valence-electron chi connectivity index (χ4n) is 6.45. The number of esters is 1. The molecule has 5 atom stereocenters. The molecule has 4 rings (SSSR count). The van der Waals surface area contributed by atoms with Gasteiger partial charge in [0.25, 0.3) is 0 Å². The van der Waals surface area contributed by atoms with Crippen LogP contribution in [0.5, 0.6) is 0 Å². The first-order chi connectivity index (χ1) is 17.3. The van der Waals surface area contributed by atoms with Gasteiger partial charge in [0.15, 0.2) is 0 Å². The van der Waals surface area contributed by atoms with Gasteiger partial charge in [-0.2, -0.15) is 0 Å². The van der Waals surface area contributed by atoms with Gasteiger partial charge >= 0.3 is 5.97 Å². The number of likely N-dealkylation sites (tertiary alicyclic amines) is 1. The van der Waals surface area contributed by atoms with Crippen molar-refractivity contribution in [2.45, 2.75) is 43.4 Å². The Morgan fingerprint density at radius 2 is 1.97 bits per heavy atom. The number of fused-ring (bicyclic) bond motifs is 1. The Labute approximate surface area is 212 Å². The maximum Gasteiger partial charge on any atom is 0.312 e. The largest absolute Gasteiger partial charge is 0.465 e. The van der Waals surface area contributed by atoms with Gasteiger partial charge in [-0.3, -0.25) is 19.3 Å². The highest BCUT2D eigenvalue weighted by Crippen LogP contribution is 2.63. The number of nitrogens with zero attached hydrogens (tertiary/aromatic N) is 3. The van der Waals surface area contributed by atoms with E-state index >= 15 is 0 Å². The number of aliphatic hydroxyl groups excluding tert-OH is 1. The van der Waals surface area contributed by atoms with Crippen molar-refractivity contribution in [1.82, 2.24) is 14.7 Å². The van der Waals surface area contributed by atoms with E-state index in [0.717, 1.165) is 13.1 Å². The number of amides is 2. The molecule has 0 aromatic heterocycles. The molecular weight excluding hydrogens is 466 g/mol. The highest BCUT2D eigenvalue weighted by molar-refractivity contribution is 5.98. The Balaban J connectivity index is 1.61. The van der Waals surface area contributed by atoms with Crippen LogP contribution in [0.3, 0.4) is 0 Å². The standard InChI is InChI=1S/C26H39N3O7/c1-4-6-16-35-24(33)20-19-22(31)29(12-15-30)21(26(19)8-7-25(20,3)36-26)23(32)28(9-5-2)11-10-27-13-17-34-18-14-27/h4-5,19-21,30H,1-2,6-18H2,3H3/t19-,20+,21?,25-,26?/m0/s1. The molecule has 4 heterocycles. The van der Waals surface area contributed by atoms with E-state index in [9.17, 15) is 19.5 Å². The molecule has 36 heavy (non-hydrogen) atoms. The third-order valence-electron chi connectivity index (χ3n) is 8.12. The predicted octanol–water partition coefficient (Wildman–Crippen LogP) is 0.210. The minimum atomic E-state index is -1.13. The molecule has 0 saturated carbocycles. The van der Waals surface area contributed by atoms with Crippen LogP contribution in [0, 0.1) is 11.8 Å². The summed E-state index contributed by atoms with van der Waals surface area (Å²) in [5, 5.41) is 9.76. The number of morpholine rings is 1. The van der Waals surface area contributed by atoms with Crippen LogP contribution in [0.25, 0.3) is 0 Å². The van der Waals surface area contributed by atoms with Crippen LogP contribution < -0.4 is 0 Å². The SMILES string of the molecule is C=CCCOC(=O)[C@H]1[C@H]2C(=O)N(CCO)C(C(=O)N(CC=C)CCN3CCOCC3)C23CC[C@]1(C)O3. The summed E-state index contributed by atoms with van der Waals surface area (Å²) in [6.07, 6.45) is 4.88. The van der Waals surface area contributed by atoms with Crippen molar-refractivity contribution >= 4 is 17.8 Å². The summed E-state index contributed by atoms with van der Waals surface area (Å²) in [4.78, 5) is 46.4. The average Bonchev–Trinajstić information content (AvgIpc) is 3.43. The smallest absolute Gasteiger partial charge is 0.312 e. The maximum absolute atomic E-state index is 14.1. The van der Waals surface area contributed by atoms with Gasteiger partial charge in [-0.25, -0.2) is 0 Å². The molecular formula is C26H39N3O7. The van der Waals surface area contributed by atoms with Crippen molar-refractivity contribution in [3.63, 3.8) is 0 Å². The van der Waals surface area contributed by atoms with E-state index in [1.54, 1.807) is 17.1 Å². The zero-order valence-corrected chi connectivity index (χ0v) is 21.2. The summed E-state index contributed by atoms with van der Waals surface area (Å²) in [5.41, 5.74) is -2.01. The van der Waals surface area contributed by atoms with Crippen molar-refractivity contribution < 1.29 is 33.7 Å². The Hall–Kier alpha value is -2.27. The summed E-state index contributed by atoms with van der Waals surface area (Å²) in [6.45, 7) is 13.6. The van der Waals surface area contributed by atoms with E-state index in [4.69, 9.17) is 14.2 Å². The maximum atomic E-state index is 14.1. The van der Waals surface area contributed by atoms with Crippen LogP contribution in [0.4, 0.5) is 0 Å². The van der Waals surface area contributed by atoms with E-state index < -0.39 is 35.0 Å². The van der Waals surface area contributed by atoms with Crippen molar-refractivity contribution in [2.24, 2.45) is 11.8 Å². The summed E-state index contributed by atoms with van der Waals surface area (Å²) in [7, 11) is 0. The van der Waals surface area contributed by atoms with Gasteiger partial charge in [-0.15, -0.1) is 13.2 Å². The fourth-order valence-corrected chi connectivity index (χ4v) is 6.45. The van der Waals surface area contributed by atoms with Crippen molar-refractivity contribution in [3.05, 3.63) is 25.3 Å². The number of hydrogen-bond donors (Lipinski definition) is 1. The van der Waals surface area contributed by atoms with Crippen LogP contribution in [-0.2, 0) is 28.6 Å². The molecule has 0 aromatic carbocycles. The zero-order chi connectivity index (χ0) is 25.9. The Morgan fingerprint density at radius 1 is 1.22 bits per heavy atom. The summed E-state index contributed by atoms with van der Waals surface area (Å²) in [5.74, 6) is -2.67. The number of carbonyl (C=O) groups is 3. The second-order valence-electron chi connectivity index (χ2n) is 10.3. The molecule has 4 fully saturated rings. The van der Waals surface area contributed by atoms with E-state index in [2.05, 4.69) is 18.1 Å².